The molecule has 4 nitrogen and oxygen atoms in total. The van der Waals surface area contributed by atoms with Gasteiger partial charge >= 0.3 is 0 Å². The Morgan fingerprint density at radius 3 is 2.10 bits per heavy atom. The molecule has 0 aliphatic rings. The molecule has 6 heteroatoms. The van der Waals surface area contributed by atoms with Gasteiger partial charge in [-0.15, -0.1) is 0 Å². The SMILES string of the molecule is COc1c(Br)cc(Br)c(OC)c1C(=O)c1cccn1C. The van der Waals surface area contributed by atoms with Crippen LogP contribution in [0.15, 0.2) is 33.3 Å². The number of methoxy groups -OCH3 is 2. The Labute approximate surface area is 133 Å². The summed E-state index contributed by atoms with van der Waals surface area (Å²) in [5.41, 5.74) is 0.949. The maximum Gasteiger partial charge on any atom is 0.216 e. The van der Waals surface area contributed by atoms with Crippen molar-refractivity contribution in [2.75, 3.05) is 14.2 Å². The fourth-order valence-electron chi connectivity index (χ4n) is 2.01. The molecule has 0 saturated carbocycles. The largest absolute Gasteiger partial charge is 0.495 e. The van der Waals surface area contributed by atoms with E-state index in [1.807, 2.05) is 19.3 Å². The monoisotopic (exact) mass is 401 g/mol. The van der Waals surface area contributed by atoms with Crippen LogP contribution >= 0.6 is 31.9 Å². The lowest BCUT2D eigenvalue weighted by Gasteiger charge is -2.15. The minimum atomic E-state index is -0.159. The smallest absolute Gasteiger partial charge is 0.216 e. The summed E-state index contributed by atoms with van der Waals surface area (Å²) in [7, 11) is 4.86. The minimum Gasteiger partial charge on any atom is -0.495 e. The van der Waals surface area contributed by atoms with Gasteiger partial charge in [0.25, 0.3) is 0 Å². The van der Waals surface area contributed by atoms with Gasteiger partial charge in [-0.3, -0.25) is 4.79 Å². The number of hydrogen-bond acceptors (Lipinski definition) is 3. The number of benzene rings is 1. The zero-order valence-corrected chi connectivity index (χ0v) is 14.4. The summed E-state index contributed by atoms with van der Waals surface area (Å²) >= 11 is 6.80. The fraction of sp³-hybridized carbons (Fsp3) is 0.214. The highest BCUT2D eigenvalue weighted by molar-refractivity contribution is 9.11. The van der Waals surface area contributed by atoms with Crippen molar-refractivity contribution in [2.45, 2.75) is 0 Å². The van der Waals surface area contributed by atoms with Gasteiger partial charge in [-0.1, -0.05) is 0 Å². The molecule has 0 amide bonds. The molecule has 2 rings (SSSR count). The number of aromatic nitrogens is 1. The van der Waals surface area contributed by atoms with E-state index in [0.29, 0.717) is 31.7 Å². The van der Waals surface area contributed by atoms with Gasteiger partial charge in [0.15, 0.2) is 0 Å². The van der Waals surface area contributed by atoms with Crippen LogP contribution in [-0.4, -0.2) is 24.6 Å². The molecule has 0 N–H and O–H groups in total. The fourth-order valence-corrected chi connectivity index (χ4v) is 3.50. The van der Waals surface area contributed by atoms with Crippen LogP contribution in [0.1, 0.15) is 16.1 Å². The predicted octanol–water partition coefficient (Wildman–Crippen LogP) is 3.80. The van der Waals surface area contributed by atoms with Crippen molar-refractivity contribution in [2.24, 2.45) is 7.05 Å². The van der Waals surface area contributed by atoms with Crippen molar-refractivity contribution < 1.29 is 14.3 Å². The summed E-state index contributed by atoms with van der Waals surface area (Å²) in [6, 6.07) is 5.37. The molecule has 0 aliphatic carbocycles. The van der Waals surface area contributed by atoms with Crippen molar-refractivity contribution in [1.29, 1.82) is 0 Å². The standard InChI is InChI=1S/C14H13Br2NO3/c1-17-6-4-5-10(17)12(18)11-13(19-2)8(15)7-9(16)14(11)20-3/h4-7H,1-3H3. The molecule has 0 spiro atoms. The van der Waals surface area contributed by atoms with Crippen molar-refractivity contribution in [1.82, 2.24) is 4.57 Å². The van der Waals surface area contributed by atoms with Crippen molar-refractivity contribution in [3.8, 4) is 11.5 Å². The van der Waals surface area contributed by atoms with Crippen LogP contribution in [0.2, 0.25) is 0 Å². The molecule has 0 fully saturated rings. The van der Waals surface area contributed by atoms with Gasteiger partial charge in [0.1, 0.15) is 17.1 Å². The zero-order valence-electron chi connectivity index (χ0n) is 11.2. The molecule has 2 aromatic rings. The number of hydrogen-bond donors (Lipinski definition) is 0. The molecule has 0 aliphatic heterocycles. The lowest BCUT2D eigenvalue weighted by molar-refractivity contribution is 0.102. The van der Waals surface area contributed by atoms with E-state index in [2.05, 4.69) is 31.9 Å². The quantitative estimate of drug-likeness (QED) is 0.730. The van der Waals surface area contributed by atoms with Crippen molar-refractivity contribution in [3.63, 3.8) is 0 Å². The highest BCUT2D eigenvalue weighted by Crippen LogP contribution is 2.42. The molecule has 0 bridgehead atoms. The number of ketones is 1. The third-order valence-electron chi connectivity index (χ3n) is 2.95. The second-order valence-corrected chi connectivity index (χ2v) is 5.82. The van der Waals surface area contributed by atoms with E-state index in [-0.39, 0.29) is 5.78 Å². The first kappa shape index (κ1) is 15.1. The van der Waals surface area contributed by atoms with Crippen LogP contribution in [0.5, 0.6) is 11.5 Å². The molecule has 20 heavy (non-hydrogen) atoms. The van der Waals surface area contributed by atoms with E-state index in [4.69, 9.17) is 9.47 Å². The summed E-state index contributed by atoms with van der Waals surface area (Å²) in [5, 5.41) is 0. The van der Waals surface area contributed by atoms with Gasteiger partial charge < -0.3 is 14.0 Å². The van der Waals surface area contributed by atoms with Crippen LogP contribution in [0.3, 0.4) is 0 Å². The van der Waals surface area contributed by atoms with Crippen LogP contribution in [-0.2, 0) is 7.05 Å². The van der Waals surface area contributed by atoms with Gasteiger partial charge in [-0.05, 0) is 50.1 Å². The number of rotatable bonds is 4. The molecule has 0 atom stereocenters. The van der Waals surface area contributed by atoms with E-state index in [0.717, 1.165) is 0 Å². The molecule has 1 aromatic heterocycles. The number of carbonyl (C=O) groups excluding carboxylic acids is 1. The van der Waals surface area contributed by atoms with Gasteiger partial charge in [0.05, 0.1) is 28.9 Å². The number of nitrogens with zero attached hydrogens (tertiary/aromatic N) is 1. The van der Waals surface area contributed by atoms with Crippen molar-refractivity contribution >= 4 is 37.6 Å². The van der Waals surface area contributed by atoms with E-state index in [1.165, 1.54) is 14.2 Å². The van der Waals surface area contributed by atoms with Gasteiger partial charge in [-0.25, -0.2) is 0 Å². The predicted molar refractivity (Wildman–Crippen MR) is 83.8 cm³/mol. The Kier molecular flexibility index (Phi) is 4.55. The van der Waals surface area contributed by atoms with Crippen LogP contribution < -0.4 is 9.47 Å². The molecule has 1 heterocycles. The van der Waals surface area contributed by atoms with Crippen LogP contribution in [0.25, 0.3) is 0 Å². The lowest BCUT2D eigenvalue weighted by atomic mass is 10.1. The normalized spacial score (nSPS) is 10.4. The third kappa shape index (κ3) is 2.50. The average Bonchev–Trinajstić information content (AvgIpc) is 2.83. The van der Waals surface area contributed by atoms with Gasteiger partial charge in [0.2, 0.25) is 5.78 Å². The maximum absolute atomic E-state index is 12.8. The lowest BCUT2D eigenvalue weighted by Crippen LogP contribution is -2.11. The second kappa shape index (κ2) is 6.01. The molecular weight excluding hydrogens is 390 g/mol. The van der Waals surface area contributed by atoms with Gasteiger partial charge in [-0.2, -0.15) is 0 Å². The minimum absolute atomic E-state index is 0.159. The van der Waals surface area contributed by atoms with Gasteiger partial charge in [0, 0.05) is 13.2 Å². The first-order chi connectivity index (χ1) is 9.51. The van der Waals surface area contributed by atoms with E-state index in [9.17, 15) is 4.79 Å². The maximum atomic E-state index is 12.8. The Hall–Kier alpha value is -1.27. The molecule has 0 unspecified atom stereocenters. The van der Waals surface area contributed by atoms with Crippen LogP contribution in [0, 0.1) is 0 Å². The van der Waals surface area contributed by atoms with E-state index in [1.54, 1.807) is 16.7 Å². The Morgan fingerprint density at radius 1 is 1.15 bits per heavy atom. The first-order valence-corrected chi connectivity index (χ1v) is 7.35. The Morgan fingerprint density at radius 2 is 1.70 bits per heavy atom. The second-order valence-electron chi connectivity index (χ2n) is 4.12. The number of ether oxygens (including phenoxy) is 2. The highest BCUT2D eigenvalue weighted by Gasteiger charge is 2.25. The molecule has 1 aromatic carbocycles. The summed E-state index contributed by atoms with van der Waals surface area (Å²) < 4.78 is 13.8. The Bertz CT molecular complexity index is 636. The first-order valence-electron chi connectivity index (χ1n) is 5.77. The molecule has 0 saturated heterocycles. The summed E-state index contributed by atoms with van der Waals surface area (Å²) in [5.74, 6) is 0.751. The summed E-state index contributed by atoms with van der Waals surface area (Å²) in [4.78, 5) is 12.8. The van der Waals surface area contributed by atoms with E-state index >= 15 is 0 Å². The summed E-state index contributed by atoms with van der Waals surface area (Å²) in [6.07, 6.45) is 1.82. The topological polar surface area (TPSA) is 40.5 Å². The average molecular weight is 403 g/mol. The Balaban J connectivity index is 2.72. The number of carbonyl (C=O) groups is 1. The number of halogens is 2. The van der Waals surface area contributed by atoms with E-state index < -0.39 is 0 Å². The van der Waals surface area contributed by atoms with Crippen molar-refractivity contribution in [3.05, 3.63) is 44.6 Å². The number of aryl methyl sites for hydroxylation is 1. The third-order valence-corrected chi connectivity index (χ3v) is 4.13. The zero-order chi connectivity index (χ0) is 14.9. The molecule has 0 radical (unpaired) electrons. The molecule has 106 valence electrons. The molecular formula is C14H13Br2NO3. The summed E-state index contributed by atoms with van der Waals surface area (Å²) in [6.45, 7) is 0. The van der Waals surface area contributed by atoms with Crippen LogP contribution in [0.4, 0.5) is 0 Å². The highest BCUT2D eigenvalue weighted by atomic mass is 79.9.